The molecule has 0 saturated carbocycles. The van der Waals surface area contributed by atoms with Gasteiger partial charge >= 0.3 is 0 Å². The standard InChI is InChI=1S/C25H20FN3O5/c1-29-25(32)22-18-10-14(4-9-20(18)34-23(22)13-2-6-16(26)7-3-13)17-11-15(24(28)31)5-8-19(17)33-12-21(27)30/h2-11H,12H2,1H3,(H2,27,30)(H2,28,31)(H,29,32). The molecule has 0 spiro atoms. The molecule has 8 nitrogen and oxygen atoms in total. The summed E-state index contributed by atoms with van der Waals surface area (Å²) in [6, 6.07) is 15.2. The summed E-state index contributed by atoms with van der Waals surface area (Å²) in [5.74, 6) is -1.54. The summed E-state index contributed by atoms with van der Waals surface area (Å²) in [6.45, 7) is -0.366. The third-order valence-corrected chi connectivity index (χ3v) is 5.19. The Morgan fingerprint density at radius 2 is 1.68 bits per heavy atom. The quantitative estimate of drug-likeness (QED) is 0.388. The fourth-order valence-corrected chi connectivity index (χ4v) is 3.60. The Bertz CT molecular complexity index is 1430. The van der Waals surface area contributed by atoms with E-state index < -0.39 is 23.5 Å². The predicted molar refractivity (Wildman–Crippen MR) is 124 cm³/mol. The van der Waals surface area contributed by atoms with Gasteiger partial charge in [0.25, 0.3) is 11.8 Å². The minimum Gasteiger partial charge on any atom is -0.483 e. The number of carbonyl (C=O) groups excluding carboxylic acids is 3. The first kappa shape index (κ1) is 22.5. The Hall–Kier alpha value is -4.66. The molecule has 0 unspecified atom stereocenters. The number of furan rings is 1. The van der Waals surface area contributed by atoms with Crippen LogP contribution in [0, 0.1) is 5.82 Å². The second kappa shape index (κ2) is 9.07. The number of amides is 3. The molecule has 4 aromatic rings. The molecule has 5 N–H and O–H groups in total. The van der Waals surface area contributed by atoms with E-state index in [2.05, 4.69) is 5.32 Å². The van der Waals surface area contributed by atoms with Gasteiger partial charge in [0, 0.05) is 29.1 Å². The molecule has 0 fully saturated rings. The predicted octanol–water partition coefficient (Wildman–Crippen LogP) is 3.23. The van der Waals surface area contributed by atoms with Crippen LogP contribution in [-0.2, 0) is 4.79 Å². The van der Waals surface area contributed by atoms with Gasteiger partial charge in [-0.25, -0.2) is 4.39 Å². The maximum atomic E-state index is 13.4. The van der Waals surface area contributed by atoms with Gasteiger partial charge in [-0.1, -0.05) is 6.07 Å². The van der Waals surface area contributed by atoms with Crippen molar-refractivity contribution in [2.45, 2.75) is 0 Å². The molecule has 3 amide bonds. The van der Waals surface area contributed by atoms with Gasteiger partial charge in [-0.05, 0) is 60.2 Å². The average Bonchev–Trinajstić information content (AvgIpc) is 3.21. The molecule has 3 aromatic carbocycles. The van der Waals surface area contributed by atoms with Crippen molar-refractivity contribution in [1.82, 2.24) is 5.32 Å². The van der Waals surface area contributed by atoms with Crippen LogP contribution in [-0.4, -0.2) is 31.4 Å². The molecular formula is C25H20FN3O5. The lowest BCUT2D eigenvalue weighted by Crippen LogP contribution is -2.20. The summed E-state index contributed by atoms with van der Waals surface area (Å²) < 4.78 is 24.9. The first-order chi connectivity index (χ1) is 16.3. The topological polar surface area (TPSA) is 138 Å². The van der Waals surface area contributed by atoms with Gasteiger partial charge in [-0.3, -0.25) is 14.4 Å². The number of fused-ring (bicyclic) bond motifs is 1. The van der Waals surface area contributed by atoms with Gasteiger partial charge in [0.1, 0.15) is 22.9 Å². The molecule has 0 aliphatic carbocycles. The molecule has 0 bridgehead atoms. The molecule has 0 radical (unpaired) electrons. The van der Waals surface area contributed by atoms with Crippen LogP contribution in [0.1, 0.15) is 20.7 Å². The lowest BCUT2D eigenvalue weighted by molar-refractivity contribution is -0.119. The number of nitrogens with one attached hydrogen (secondary N) is 1. The summed E-state index contributed by atoms with van der Waals surface area (Å²) in [7, 11) is 1.49. The lowest BCUT2D eigenvalue weighted by Gasteiger charge is -2.12. The van der Waals surface area contributed by atoms with Crippen molar-refractivity contribution in [2.75, 3.05) is 13.7 Å². The second-order valence-electron chi connectivity index (χ2n) is 7.43. The Morgan fingerprint density at radius 3 is 2.32 bits per heavy atom. The fourth-order valence-electron chi connectivity index (χ4n) is 3.60. The molecule has 0 aliphatic rings. The van der Waals surface area contributed by atoms with E-state index in [1.54, 1.807) is 18.2 Å². The van der Waals surface area contributed by atoms with E-state index in [1.165, 1.54) is 49.5 Å². The highest BCUT2D eigenvalue weighted by molar-refractivity contribution is 6.12. The van der Waals surface area contributed by atoms with Gasteiger partial charge in [-0.2, -0.15) is 0 Å². The largest absolute Gasteiger partial charge is 0.483 e. The van der Waals surface area contributed by atoms with E-state index >= 15 is 0 Å². The van der Waals surface area contributed by atoms with E-state index in [9.17, 15) is 18.8 Å². The van der Waals surface area contributed by atoms with Crippen molar-refractivity contribution < 1.29 is 27.9 Å². The van der Waals surface area contributed by atoms with Crippen molar-refractivity contribution in [1.29, 1.82) is 0 Å². The average molecular weight is 461 g/mol. The third kappa shape index (κ3) is 4.31. The summed E-state index contributed by atoms with van der Waals surface area (Å²) in [4.78, 5) is 35.8. The molecule has 0 saturated heterocycles. The Morgan fingerprint density at radius 1 is 0.971 bits per heavy atom. The number of benzene rings is 3. The van der Waals surface area contributed by atoms with Crippen LogP contribution in [0.15, 0.2) is 65.1 Å². The Balaban J connectivity index is 1.92. The summed E-state index contributed by atoms with van der Waals surface area (Å²) in [5, 5.41) is 3.09. The summed E-state index contributed by atoms with van der Waals surface area (Å²) >= 11 is 0. The van der Waals surface area contributed by atoms with E-state index in [4.69, 9.17) is 20.6 Å². The van der Waals surface area contributed by atoms with E-state index in [-0.39, 0.29) is 23.5 Å². The number of ether oxygens (including phenoxy) is 1. The molecule has 172 valence electrons. The molecule has 1 aromatic heterocycles. The number of primary amides is 2. The first-order valence-electron chi connectivity index (χ1n) is 10.2. The zero-order valence-corrected chi connectivity index (χ0v) is 18.1. The van der Waals surface area contributed by atoms with E-state index in [0.717, 1.165) is 0 Å². The molecular weight excluding hydrogens is 441 g/mol. The molecule has 34 heavy (non-hydrogen) atoms. The number of carbonyl (C=O) groups is 3. The van der Waals surface area contributed by atoms with Crippen molar-refractivity contribution in [3.05, 3.63) is 77.6 Å². The summed E-state index contributed by atoms with van der Waals surface area (Å²) in [5.41, 5.74) is 13.1. The Labute approximate surface area is 193 Å². The van der Waals surface area contributed by atoms with Crippen molar-refractivity contribution in [2.24, 2.45) is 11.5 Å². The van der Waals surface area contributed by atoms with Gasteiger partial charge in [0.05, 0.1) is 5.56 Å². The number of nitrogens with two attached hydrogens (primary N) is 2. The Kier molecular flexibility index (Phi) is 6.01. The minimum absolute atomic E-state index is 0.229. The van der Waals surface area contributed by atoms with E-state index in [1.807, 2.05) is 0 Å². The van der Waals surface area contributed by atoms with Crippen LogP contribution in [0.4, 0.5) is 4.39 Å². The third-order valence-electron chi connectivity index (χ3n) is 5.19. The lowest BCUT2D eigenvalue weighted by atomic mass is 9.98. The maximum Gasteiger partial charge on any atom is 0.255 e. The molecule has 9 heteroatoms. The monoisotopic (exact) mass is 461 g/mol. The molecule has 4 rings (SSSR count). The fraction of sp³-hybridized carbons (Fsp3) is 0.0800. The number of halogens is 1. The van der Waals surface area contributed by atoms with Gasteiger partial charge in [0.15, 0.2) is 6.61 Å². The smallest absolute Gasteiger partial charge is 0.255 e. The highest BCUT2D eigenvalue weighted by Gasteiger charge is 2.23. The molecule has 0 atom stereocenters. The van der Waals surface area contributed by atoms with Crippen molar-refractivity contribution in [3.63, 3.8) is 0 Å². The molecule has 0 aliphatic heterocycles. The zero-order chi connectivity index (χ0) is 24.4. The molecule has 1 heterocycles. The SMILES string of the molecule is CNC(=O)c1c(-c2ccc(F)cc2)oc2ccc(-c3cc(C(N)=O)ccc3OCC(N)=O)cc12. The minimum atomic E-state index is -0.666. The number of hydrogen-bond acceptors (Lipinski definition) is 5. The van der Waals surface area contributed by atoms with Crippen LogP contribution >= 0.6 is 0 Å². The van der Waals surface area contributed by atoms with Crippen LogP contribution < -0.4 is 21.5 Å². The maximum absolute atomic E-state index is 13.4. The van der Waals surface area contributed by atoms with Gasteiger partial charge < -0.3 is 25.9 Å². The highest BCUT2D eigenvalue weighted by atomic mass is 19.1. The normalized spacial score (nSPS) is 10.8. The second-order valence-corrected chi connectivity index (χ2v) is 7.43. The van der Waals surface area contributed by atoms with Crippen molar-refractivity contribution >= 4 is 28.7 Å². The number of hydrogen-bond donors (Lipinski definition) is 3. The highest BCUT2D eigenvalue weighted by Crippen LogP contribution is 2.38. The van der Waals surface area contributed by atoms with Crippen LogP contribution in [0.3, 0.4) is 0 Å². The zero-order valence-electron chi connectivity index (χ0n) is 18.1. The van der Waals surface area contributed by atoms with Crippen LogP contribution in [0.2, 0.25) is 0 Å². The van der Waals surface area contributed by atoms with Crippen LogP contribution in [0.5, 0.6) is 5.75 Å². The van der Waals surface area contributed by atoms with Gasteiger partial charge in [0.2, 0.25) is 5.91 Å². The first-order valence-corrected chi connectivity index (χ1v) is 10.2. The van der Waals surface area contributed by atoms with Crippen molar-refractivity contribution in [3.8, 4) is 28.2 Å². The van der Waals surface area contributed by atoms with E-state index in [0.29, 0.717) is 33.4 Å². The van der Waals surface area contributed by atoms with Gasteiger partial charge in [-0.15, -0.1) is 0 Å². The summed E-state index contributed by atoms with van der Waals surface area (Å²) in [6.07, 6.45) is 0. The van der Waals surface area contributed by atoms with Crippen LogP contribution in [0.25, 0.3) is 33.4 Å². The number of rotatable bonds is 7.